The van der Waals surface area contributed by atoms with E-state index in [0.717, 1.165) is 12.8 Å². The second-order valence-corrected chi connectivity index (χ2v) is 3.89. The van der Waals surface area contributed by atoms with Crippen molar-refractivity contribution >= 4 is 11.3 Å². The van der Waals surface area contributed by atoms with Crippen LogP contribution in [0.2, 0.25) is 0 Å². The molecule has 0 spiro atoms. The summed E-state index contributed by atoms with van der Waals surface area (Å²) in [5.41, 5.74) is 5.26. The van der Waals surface area contributed by atoms with Gasteiger partial charge in [0.2, 0.25) is 0 Å². The summed E-state index contributed by atoms with van der Waals surface area (Å²) >= 11 is 1.23. The van der Waals surface area contributed by atoms with Crippen molar-refractivity contribution in [3.8, 4) is 0 Å². The first-order valence-corrected chi connectivity index (χ1v) is 4.53. The lowest BCUT2D eigenvalue weighted by atomic mass is 10.3. The van der Waals surface area contributed by atoms with Crippen molar-refractivity contribution in [2.45, 2.75) is 24.8 Å². The van der Waals surface area contributed by atoms with Crippen LogP contribution in [0, 0.1) is 0 Å². The lowest BCUT2D eigenvalue weighted by Gasteiger charge is -2.01. The summed E-state index contributed by atoms with van der Waals surface area (Å²) < 4.78 is 24.2. The summed E-state index contributed by atoms with van der Waals surface area (Å²) in [6, 6.07) is 0. The molecule has 66 valence electrons. The number of thiazole rings is 1. The normalized spacial score (nSPS) is 20.0. The fourth-order valence-corrected chi connectivity index (χ4v) is 1.95. The monoisotopic (exact) mass is 190 g/mol. The van der Waals surface area contributed by atoms with E-state index in [1.54, 1.807) is 0 Å². The molecule has 0 unspecified atom stereocenters. The molecule has 2 N–H and O–H groups in total. The summed E-state index contributed by atoms with van der Waals surface area (Å²) in [5.74, 6) is 0. The predicted molar refractivity (Wildman–Crippen MR) is 42.2 cm³/mol. The average molecular weight is 190 g/mol. The van der Waals surface area contributed by atoms with E-state index < -0.39 is 6.43 Å². The Balaban J connectivity index is 2.25. The van der Waals surface area contributed by atoms with Crippen LogP contribution in [0.4, 0.5) is 8.78 Å². The van der Waals surface area contributed by atoms with E-state index in [4.69, 9.17) is 5.73 Å². The Bertz CT molecular complexity index is 293. The molecular weight excluding hydrogens is 182 g/mol. The first kappa shape index (κ1) is 8.07. The Kier molecular flexibility index (Phi) is 1.66. The highest BCUT2D eigenvalue weighted by molar-refractivity contribution is 7.09. The molecule has 0 aliphatic heterocycles. The Morgan fingerprint density at radius 2 is 2.25 bits per heavy atom. The van der Waals surface area contributed by atoms with E-state index in [9.17, 15) is 8.78 Å². The van der Waals surface area contributed by atoms with Gasteiger partial charge in [-0.15, -0.1) is 11.3 Å². The van der Waals surface area contributed by atoms with Crippen LogP contribution in [-0.4, -0.2) is 4.98 Å². The molecule has 5 heteroatoms. The molecule has 0 radical (unpaired) electrons. The third-order valence-corrected chi connectivity index (χ3v) is 3.04. The SMILES string of the molecule is NC1(c2nc(C(F)F)cs2)CC1. The maximum Gasteiger partial charge on any atom is 0.281 e. The largest absolute Gasteiger partial charge is 0.319 e. The lowest BCUT2D eigenvalue weighted by molar-refractivity contribution is 0.146. The minimum Gasteiger partial charge on any atom is -0.319 e. The van der Waals surface area contributed by atoms with Crippen molar-refractivity contribution in [1.82, 2.24) is 4.98 Å². The molecule has 0 aromatic carbocycles. The molecule has 2 nitrogen and oxygen atoms in total. The number of halogens is 2. The molecule has 0 saturated heterocycles. The summed E-state index contributed by atoms with van der Waals surface area (Å²) in [6.07, 6.45) is -0.746. The number of nitrogens with zero attached hydrogens (tertiary/aromatic N) is 1. The molecule has 0 bridgehead atoms. The Hall–Kier alpha value is -0.550. The molecule has 0 atom stereocenters. The van der Waals surface area contributed by atoms with Crippen molar-refractivity contribution in [3.05, 3.63) is 16.1 Å². The molecule has 1 saturated carbocycles. The molecule has 1 aromatic heterocycles. The standard InChI is InChI=1S/C7H8F2N2S/c8-5(9)4-3-12-6(11-4)7(10)1-2-7/h3,5H,1-2,10H2. The van der Waals surface area contributed by atoms with Gasteiger partial charge in [0.25, 0.3) is 6.43 Å². The van der Waals surface area contributed by atoms with Gasteiger partial charge >= 0.3 is 0 Å². The minimum atomic E-state index is -2.47. The van der Waals surface area contributed by atoms with Gasteiger partial charge < -0.3 is 5.73 Å². The number of rotatable bonds is 2. The van der Waals surface area contributed by atoms with Gasteiger partial charge in [-0.25, -0.2) is 13.8 Å². The Morgan fingerprint density at radius 3 is 2.67 bits per heavy atom. The molecule has 1 aliphatic carbocycles. The predicted octanol–water partition coefficient (Wildman–Crippen LogP) is 2.03. The van der Waals surface area contributed by atoms with Gasteiger partial charge in [-0.3, -0.25) is 0 Å². The van der Waals surface area contributed by atoms with Gasteiger partial charge in [-0.2, -0.15) is 0 Å². The van der Waals surface area contributed by atoms with Crippen molar-refractivity contribution in [1.29, 1.82) is 0 Å². The van der Waals surface area contributed by atoms with E-state index in [1.165, 1.54) is 16.7 Å². The van der Waals surface area contributed by atoms with E-state index in [1.807, 2.05) is 0 Å². The molecular formula is C7H8F2N2S. The topological polar surface area (TPSA) is 38.9 Å². The minimum absolute atomic E-state index is 0.147. The Morgan fingerprint density at radius 1 is 1.58 bits per heavy atom. The second-order valence-electron chi connectivity index (χ2n) is 3.03. The molecule has 1 fully saturated rings. The van der Waals surface area contributed by atoms with Gasteiger partial charge in [-0.05, 0) is 12.8 Å². The highest BCUT2D eigenvalue weighted by Crippen LogP contribution is 2.44. The molecule has 1 heterocycles. The highest BCUT2D eigenvalue weighted by atomic mass is 32.1. The van der Waals surface area contributed by atoms with Crippen molar-refractivity contribution in [3.63, 3.8) is 0 Å². The molecule has 1 aliphatic rings. The fourth-order valence-electron chi connectivity index (χ4n) is 0.964. The number of nitrogens with two attached hydrogens (primary N) is 1. The quantitative estimate of drug-likeness (QED) is 0.774. The first-order valence-electron chi connectivity index (χ1n) is 3.65. The number of alkyl halides is 2. The van der Waals surface area contributed by atoms with Crippen molar-refractivity contribution in [2.24, 2.45) is 5.73 Å². The van der Waals surface area contributed by atoms with E-state index in [0.29, 0.717) is 5.01 Å². The van der Waals surface area contributed by atoms with Crippen LogP contribution in [0.25, 0.3) is 0 Å². The zero-order valence-corrected chi connectivity index (χ0v) is 7.07. The lowest BCUT2D eigenvalue weighted by Crippen LogP contribution is -2.18. The van der Waals surface area contributed by atoms with Crippen molar-refractivity contribution in [2.75, 3.05) is 0 Å². The van der Waals surface area contributed by atoms with Gasteiger partial charge in [0.1, 0.15) is 10.7 Å². The van der Waals surface area contributed by atoms with E-state index in [-0.39, 0.29) is 11.2 Å². The van der Waals surface area contributed by atoms with Crippen LogP contribution in [0.1, 0.15) is 30.0 Å². The van der Waals surface area contributed by atoms with Crippen LogP contribution in [-0.2, 0) is 5.54 Å². The highest BCUT2D eigenvalue weighted by Gasteiger charge is 2.43. The van der Waals surface area contributed by atoms with Crippen LogP contribution < -0.4 is 5.73 Å². The Labute approximate surface area is 72.4 Å². The first-order chi connectivity index (χ1) is 5.62. The number of hydrogen-bond donors (Lipinski definition) is 1. The zero-order valence-electron chi connectivity index (χ0n) is 6.26. The molecule has 12 heavy (non-hydrogen) atoms. The van der Waals surface area contributed by atoms with Crippen molar-refractivity contribution < 1.29 is 8.78 Å². The third-order valence-electron chi connectivity index (χ3n) is 1.96. The third kappa shape index (κ3) is 1.23. The maximum atomic E-state index is 12.1. The van der Waals surface area contributed by atoms with Crippen LogP contribution >= 0.6 is 11.3 Å². The molecule has 1 aromatic rings. The number of aromatic nitrogens is 1. The second kappa shape index (κ2) is 2.47. The fraction of sp³-hybridized carbons (Fsp3) is 0.571. The summed E-state index contributed by atoms with van der Waals surface area (Å²) in [4.78, 5) is 3.79. The van der Waals surface area contributed by atoms with Gasteiger partial charge in [0.05, 0.1) is 5.54 Å². The summed E-state index contributed by atoms with van der Waals surface area (Å²) in [6.45, 7) is 0. The smallest absolute Gasteiger partial charge is 0.281 e. The molecule has 2 rings (SSSR count). The van der Waals surface area contributed by atoms with E-state index >= 15 is 0 Å². The van der Waals surface area contributed by atoms with E-state index in [2.05, 4.69) is 4.98 Å². The summed E-state index contributed by atoms with van der Waals surface area (Å²) in [5, 5.41) is 2.03. The van der Waals surface area contributed by atoms with Gasteiger partial charge in [-0.1, -0.05) is 0 Å². The number of hydrogen-bond acceptors (Lipinski definition) is 3. The average Bonchev–Trinajstić information content (AvgIpc) is 2.61. The zero-order chi connectivity index (χ0) is 8.77. The maximum absolute atomic E-state index is 12.1. The van der Waals surface area contributed by atoms with Gasteiger partial charge in [0, 0.05) is 5.38 Å². The van der Waals surface area contributed by atoms with Crippen LogP contribution in [0.3, 0.4) is 0 Å². The van der Waals surface area contributed by atoms with Gasteiger partial charge in [0.15, 0.2) is 0 Å². The van der Waals surface area contributed by atoms with Crippen LogP contribution in [0.5, 0.6) is 0 Å². The summed E-state index contributed by atoms with van der Waals surface area (Å²) in [7, 11) is 0. The van der Waals surface area contributed by atoms with Crippen LogP contribution in [0.15, 0.2) is 5.38 Å². The molecule has 0 amide bonds.